The Balaban J connectivity index is 2.31. The summed E-state index contributed by atoms with van der Waals surface area (Å²) in [7, 11) is 2.44. The molecular formula is C35H53N5O8. The van der Waals surface area contributed by atoms with Crippen LogP contribution in [0.15, 0.2) is 54.6 Å². The van der Waals surface area contributed by atoms with Crippen LogP contribution in [0, 0.1) is 17.8 Å². The molecule has 0 heterocycles. The number of alkyl carbamates (subject to hydrolysis) is 2. The highest BCUT2D eigenvalue weighted by atomic mass is 16.5. The molecule has 13 nitrogen and oxygen atoms in total. The molecule has 0 saturated carbocycles. The van der Waals surface area contributed by atoms with Crippen LogP contribution in [0.1, 0.15) is 65.1 Å². The van der Waals surface area contributed by atoms with Crippen molar-refractivity contribution in [2.45, 2.75) is 78.7 Å². The molecule has 13 heteroatoms. The molecule has 0 fully saturated rings. The third-order valence-electron chi connectivity index (χ3n) is 7.50. The van der Waals surface area contributed by atoms with Gasteiger partial charge in [0, 0.05) is 13.1 Å². The van der Waals surface area contributed by atoms with Gasteiger partial charge in [-0.1, -0.05) is 84.0 Å². The van der Waals surface area contributed by atoms with Gasteiger partial charge in [-0.05, 0) is 47.4 Å². The van der Waals surface area contributed by atoms with Crippen molar-refractivity contribution in [1.29, 1.82) is 0 Å². The minimum absolute atomic E-state index is 0.128. The van der Waals surface area contributed by atoms with E-state index in [1.54, 1.807) is 57.0 Å². The predicted molar refractivity (Wildman–Crippen MR) is 182 cm³/mol. The number of carbonyl (C=O) groups is 4. The molecule has 0 spiro atoms. The lowest BCUT2D eigenvalue weighted by Gasteiger charge is -2.31. The lowest BCUT2D eigenvalue weighted by molar-refractivity contribution is -0.129. The van der Waals surface area contributed by atoms with Crippen LogP contribution in [0.25, 0.3) is 0 Å². The quantitative estimate of drug-likeness (QED) is 0.148. The SMILES string of the molecule is COC(=O)NC(C(=O)NC(c1ccccc1)C(O)CCN(Cc1ccc(OCC(C)C)cc1)NC(=O)C(NC(=O)OC)C(C)C)C(C)C. The number of nitrogens with zero attached hydrogens (tertiary/aromatic N) is 1. The second-order valence-corrected chi connectivity index (χ2v) is 12.7. The second kappa shape index (κ2) is 20.1. The van der Waals surface area contributed by atoms with Crippen LogP contribution in [-0.4, -0.2) is 79.7 Å². The fourth-order valence-electron chi connectivity index (χ4n) is 4.78. The molecule has 2 rings (SSSR count). The van der Waals surface area contributed by atoms with Crippen molar-refractivity contribution in [3.8, 4) is 5.75 Å². The van der Waals surface area contributed by atoms with E-state index in [-0.39, 0.29) is 31.3 Å². The standard InChI is InChI=1S/C35H53N5O8/c1-22(2)21-48-27-16-14-25(15-17-27)20-40(39-33(43)30(24(5)6)38-35(45)47-8)19-18-28(41)31(26-12-10-9-11-13-26)36-32(42)29(23(3)4)37-34(44)46-7/h9-17,22-24,28-31,41H,18-21H2,1-8H3,(H,36,42)(H,37,44)(H,38,45)(H,39,43). The van der Waals surface area contributed by atoms with Crippen LogP contribution in [0.5, 0.6) is 5.75 Å². The molecule has 4 amide bonds. The zero-order chi connectivity index (χ0) is 35.8. The van der Waals surface area contributed by atoms with Gasteiger partial charge in [0.2, 0.25) is 5.91 Å². The van der Waals surface area contributed by atoms with Crippen LogP contribution < -0.4 is 26.1 Å². The first kappa shape index (κ1) is 39.8. The topological polar surface area (TPSA) is 168 Å². The minimum Gasteiger partial charge on any atom is -0.493 e. The number of nitrogens with one attached hydrogen (secondary N) is 4. The molecule has 48 heavy (non-hydrogen) atoms. The minimum atomic E-state index is -1.09. The highest BCUT2D eigenvalue weighted by Gasteiger charge is 2.31. The maximum absolute atomic E-state index is 13.4. The Bertz CT molecular complexity index is 1290. The summed E-state index contributed by atoms with van der Waals surface area (Å²) in [5.74, 6) is -0.356. The van der Waals surface area contributed by atoms with Gasteiger partial charge in [-0.15, -0.1) is 0 Å². The van der Waals surface area contributed by atoms with Gasteiger partial charge < -0.3 is 35.3 Å². The monoisotopic (exact) mass is 671 g/mol. The summed E-state index contributed by atoms with van der Waals surface area (Å²) >= 11 is 0. The molecule has 5 N–H and O–H groups in total. The summed E-state index contributed by atoms with van der Waals surface area (Å²) in [4.78, 5) is 50.7. The van der Waals surface area contributed by atoms with Gasteiger partial charge in [-0.3, -0.25) is 15.0 Å². The van der Waals surface area contributed by atoms with Crippen LogP contribution in [-0.2, 0) is 25.6 Å². The third kappa shape index (κ3) is 13.4. The molecular weight excluding hydrogens is 618 g/mol. The van der Waals surface area contributed by atoms with E-state index in [9.17, 15) is 24.3 Å². The number of amides is 4. The summed E-state index contributed by atoms with van der Waals surface area (Å²) in [6.07, 6.45) is -2.44. The van der Waals surface area contributed by atoms with Crippen molar-refractivity contribution in [3.63, 3.8) is 0 Å². The summed E-state index contributed by atoms with van der Waals surface area (Å²) < 4.78 is 15.2. The summed E-state index contributed by atoms with van der Waals surface area (Å²) in [6, 6.07) is 13.9. The molecule has 0 aliphatic heterocycles. The first-order valence-electron chi connectivity index (χ1n) is 16.2. The number of methoxy groups -OCH3 is 2. The van der Waals surface area contributed by atoms with Gasteiger partial charge in [0.15, 0.2) is 0 Å². The largest absolute Gasteiger partial charge is 0.493 e. The normalized spacial score (nSPS) is 13.8. The van der Waals surface area contributed by atoms with Gasteiger partial charge in [0.05, 0.1) is 33.0 Å². The number of hydrogen-bond acceptors (Lipinski definition) is 9. The molecule has 0 aromatic heterocycles. The first-order valence-corrected chi connectivity index (χ1v) is 16.2. The summed E-state index contributed by atoms with van der Waals surface area (Å²) in [5.41, 5.74) is 4.43. The molecule has 0 aliphatic rings. The van der Waals surface area contributed by atoms with Gasteiger partial charge in [0.25, 0.3) is 5.91 Å². The Hall–Kier alpha value is -4.36. The van der Waals surface area contributed by atoms with E-state index in [4.69, 9.17) is 14.2 Å². The molecule has 0 aliphatic carbocycles. The van der Waals surface area contributed by atoms with Crippen molar-refractivity contribution >= 4 is 24.0 Å². The van der Waals surface area contributed by atoms with E-state index in [1.807, 2.05) is 30.3 Å². The van der Waals surface area contributed by atoms with E-state index in [1.165, 1.54) is 14.2 Å². The highest BCUT2D eigenvalue weighted by molar-refractivity contribution is 5.86. The molecule has 2 aromatic carbocycles. The number of hydrazine groups is 1. The van der Waals surface area contributed by atoms with Gasteiger partial charge in [-0.2, -0.15) is 0 Å². The van der Waals surface area contributed by atoms with E-state index in [2.05, 4.69) is 35.2 Å². The lowest BCUT2D eigenvalue weighted by atomic mass is 9.97. The van der Waals surface area contributed by atoms with E-state index in [0.29, 0.717) is 18.1 Å². The Morgan fingerprint density at radius 3 is 1.79 bits per heavy atom. The van der Waals surface area contributed by atoms with Crippen molar-refractivity contribution < 1.29 is 38.5 Å². The average Bonchev–Trinajstić information content (AvgIpc) is 3.06. The molecule has 2 aromatic rings. The number of ether oxygens (including phenoxy) is 3. The van der Waals surface area contributed by atoms with Gasteiger partial charge >= 0.3 is 12.2 Å². The van der Waals surface area contributed by atoms with E-state index in [0.717, 1.165) is 11.3 Å². The molecule has 4 unspecified atom stereocenters. The zero-order valence-corrected chi connectivity index (χ0v) is 29.3. The number of aliphatic hydroxyl groups excluding tert-OH is 1. The lowest BCUT2D eigenvalue weighted by Crippen LogP contribution is -2.55. The number of rotatable bonds is 18. The molecule has 4 atom stereocenters. The van der Waals surface area contributed by atoms with Crippen molar-refractivity contribution in [2.75, 3.05) is 27.4 Å². The fraction of sp³-hybridized carbons (Fsp3) is 0.543. The number of hydrogen-bond donors (Lipinski definition) is 5. The molecule has 0 radical (unpaired) electrons. The van der Waals surface area contributed by atoms with Crippen LogP contribution in [0.4, 0.5) is 9.59 Å². The van der Waals surface area contributed by atoms with Crippen molar-refractivity contribution in [3.05, 3.63) is 65.7 Å². The Morgan fingerprint density at radius 2 is 1.29 bits per heavy atom. The third-order valence-corrected chi connectivity index (χ3v) is 7.50. The van der Waals surface area contributed by atoms with Gasteiger partial charge in [0.1, 0.15) is 17.8 Å². The summed E-state index contributed by atoms with van der Waals surface area (Å²) in [5, 5.41) is 21.2. The number of benzene rings is 2. The second-order valence-electron chi connectivity index (χ2n) is 12.7. The molecule has 0 bridgehead atoms. The molecule has 0 saturated heterocycles. The maximum atomic E-state index is 13.4. The first-order chi connectivity index (χ1) is 22.7. The van der Waals surface area contributed by atoms with Crippen molar-refractivity contribution in [1.82, 2.24) is 26.4 Å². The van der Waals surface area contributed by atoms with Crippen LogP contribution in [0.3, 0.4) is 0 Å². The fourth-order valence-corrected chi connectivity index (χ4v) is 4.78. The Labute approximate surface area is 284 Å². The highest BCUT2D eigenvalue weighted by Crippen LogP contribution is 2.21. The van der Waals surface area contributed by atoms with Gasteiger partial charge in [-0.25, -0.2) is 14.6 Å². The Kier molecular flexibility index (Phi) is 16.7. The zero-order valence-electron chi connectivity index (χ0n) is 29.3. The van der Waals surface area contributed by atoms with Crippen LogP contribution >= 0.6 is 0 Å². The molecule has 266 valence electrons. The van der Waals surface area contributed by atoms with E-state index >= 15 is 0 Å². The average molecular weight is 672 g/mol. The summed E-state index contributed by atoms with van der Waals surface area (Å²) in [6.45, 7) is 12.3. The van der Waals surface area contributed by atoms with Crippen molar-refractivity contribution in [2.24, 2.45) is 17.8 Å². The Morgan fingerprint density at radius 1 is 0.750 bits per heavy atom. The number of aliphatic hydroxyl groups is 1. The number of carbonyl (C=O) groups excluding carboxylic acids is 4. The maximum Gasteiger partial charge on any atom is 0.407 e. The predicted octanol–water partition coefficient (Wildman–Crippen LogP) is 3.92. The van der Waals surface area contributed by atoms with Crippen LogP contribution in [0.2, 0.25) is 0 Å². The smallest absolute Gasteiger partial charge is 0.407 e. The van der Waals surface area contributed by atoms with E-state index < -0.39 is 48.2 Å².